The zero-order chi connectivity index (χ0) is 26.0. The summed E-state index contributed by atoms with van der Waals surface area (Å²) in [5, 5.41) is 1.77. The van der Waals surface area contributed by atoms with E-state index in [1.807, 2.05) is 0 Å². The monoisotopic (exact) mass is 522 g/mol. The Morgan fingerprint density at radius 1 is 0.571 bits per heavy atom. The van der Waals surface area contributed by atoms with E-state index in [1.165, 1.54) is 88.1 Å². The predicted molar refractivity (Wildman–Crippen MR) is 157 cm³/mol. The number of hydrogen-bond donors (Lipinski definition) is 2. The number of ether oxygens (including phenoxy) is 2. The van der Waals surface area contributed by atoms with E-state index < -0.39 is 0 Å². The second-order valence-corrected chi connectivity index (χ2v) is 10.8. The fourth-order valence-electron chi connectivity index (χ4n) is 3.87. The van der Waals surface area contributed by atoms with E-state index in [0.29, 0.717) is 6.79 Å². The first-order valence-corrected chi connectivity index (χ1v) is 14.6. The van der Waals surface area contributed by atoms with Gasteiger partial charge in [0, 0.05) is 34.5 Å². The van der Waals surface area contributed by atoms with E-state index in [9.17, 15) is 0 Å². The van der Waals surface area contributed by atoms with Crippen molar-refractivity contribution in [3.05, 3.63) is 60.7 Å². The van der Waals surface area contributed by atoms with Crippen molar-refractivity contribution in [2.75, 3.05) is 35.1 Å². The normalized spacial score (nSPS) is 15.5. The Bertz CT molecular complexity index is 593. The Kier molecular flexibility index (Phi) is 25.3. The van der Waals surface area contributed by atoms with Gasteiger partial charge in [-0.1, -0.05) is 74.9 Å². The molecule has 0 saturated heterocycles. The molecule has 0 heterocycles. The summed E-state index contributed by atoms with van der Waals surface area (Å²) in [6.45, 7) is 0.389. The molecule has 2 aromatic carbocycles. The highest BCUT2D eigenvalue weighted by Gasteiger charge is 2.14. The molecule has 0 unspecified atom stereocenters. The van der Waals surface area contributed by atoms with E-state index in [1.54, 1.807) is 14.2 Å². The Labute approximate surface area is 224 Å². The van der Waals surface area contributed by atoms with Gasteiger partial charge in [-0.15, -0.1) is 23.5 Å². The van der Waals surface area contributed by atoms with Crippen molar-refractivity contribution >= 4 is 23.5 Å². The fraction of sp³-hybridized carbons (Fsp3) is 0.586. The highest BCUT2D eigenvalue weighted by Crippen LogP contribution is 2.34. The van der Waals surface area contributed by atoms with Gasteiger partial charge in [-0.2, -0.15) is 0 Å². The van der Waals surface area contributed by atoms with E-state index in [0.717, 1.165) is 10.5 Å². The molecule has 6 heteroatoms. The second kappa shape index (κ2) is 26.1. The van der Waals surface area contributed by atoms with Gasteiger partial charge in [-0.25, -0.2) is 0 Å². The van der Waals surface area contributed by atoms with Crippen LogP contribution in [0.2, 0.25) is 0 Å². The van der Waals surface area contributed by atoms with Crippen molar-refractivity contribution in [2.45, 2.75) is 84.5 Å². The van der Waals surface area contributed by atoms with Crippen molar-refractivity contribution in [3.8, 4) is 0 Å². The molecule has 0 aromatic heterocycles. The molecule has 2 aliphatic rings. The van der Waals surface area contributed by atoms with E-state index in [2.05, 4.69) is 105 Å². The van der Waals surface area contributed by atoms with E-state index in [4.69, 9.17) is 0 Å². The summed E-state index contributed by atoms with van der Waals surface area (Å²) in [6, 6.07) is 21.6. The van der Waals surface area contributed by atoms with Crippen LogP contribution < -0.4 is 11.5 Å². The number of hydrogen-bond acceptors (Lipinski definition) is 6. The zero-order valence-electron chi connectivity index (χ0n) is 22.5. The molecule has 200 valence electrons. The van der Waals surface area contributed by atoms with Crippen LogP contribution in [0.5, 0.6) is 0 Å². The number of rotatable bonds is 6. The largest absolute Gasteiger partial charge is 0.359 e. The van der Waals surface area contributed by atoms with Crippen LogP contribution in [0.3, 0.4) is 0 Å². The Morgan fingerprint density at radius 2 is 0.886 bits per heavy atom. The minimum atomic E-state index is 0.389. The molecule has 0 atom stereocenters. The average Bonchev–Trinajstić information content (AvgIpc) is 2.94. The maximum Gasteiger partial charge on any atom is 0.145 e. The zero-order valence-corrected chi connectivity index (χ0v) is 24.1. The van der Waals surface area contributed by atoms with Crippen molar-refractivity contribution in [3.63, 3.8) is 0 Å². The molecule has 2 fully saturated rings. The van der Waals surface area contributed by atoms with Crippen molar-refractivity contribution in [1.29, 1.82) is 0 Å². The van der Waals surface area contributed by atoms with Gasteiger partial charge in [0.15, 0.2) is 0 Å². The lowest BCUT2D eigenvalue weighted by Crippen LogP contribution is -2.07. The predicted octanol–water partition coefficient (Wildman–Crippen LogP) is 7.61. The lowest BCUT2D eigenvalue weighted by molar-refractivity contribution is -0.00272. The first-order valence-electron chi connectivity index (χ1n) is 12.9. The van der Waals surface area contributed by atoms with E-state index >= 15 is 0 Å². The molecule has 2 aromatic rings. The topological polar surface area (TPSA) is 70.5 Å². The third-order valence-electron chi connectivity index (χ3n) is 5.43. The third-order valence-corrected chi connectivity index (χ3v) is 8.13. The molecule has 2 aliphatic carbocycles. The fourth-order valence-corrected chi connectivity index (χ4v) is 6.40. The number of nitrogens with two attached hydrogens (primary N) is 2. The van der Waals surface area contributed by atoms with Crippen LogP contribution in [-0.2, 0) is 9.47 Å². The summed E-state index contributed by atoms with van der Waals surface area (Å²) in [6.07, 6.45) is 14.3. The van der Waals surface area contributed by atoms with Gasteiger partial charge in [-0.3, -0.25) is 0 Å². The van der Waals surface area contributed by atoms with Gasteiger partial charge >= 0.3 is 0 Å². The van der Waals surface area contributed by atoms with Crippen LogP contribution in [0.4, 0.5) is 0 Å². The molecular formula is C29H50N2O2S2. The molecule has 4 rings (SSSR count). The second-order valence-electron chi connectivity index (χ2n) is 8.08. The molecule has 4 N–H and O–H groups in total. The molecule has 2 saturated carbocycles. The quantitative estimate of drug-likeness (QED) is 0.380. The third kappa shape index (κ3) is 18.8. The summed E-state index contributed by atoms with van der Waals surface area (Å²) in [7, 11) is 6.17. The number of methoxy groups -OCH3 is 2. The van der Waals surface area contributed by atoms with Gasteiger partial charge in [0.1, 0.15) is 6.79 Å². The van der Waals surface area contributed by atoms with Crippen molar-refractivity contribution < 1.29 is 9.47 Å². The number of thioether (sulfide) groups is 2. The number of benzene rings is 2. The van der Waals surface area contributed by atoms with Crippen LogP contribution in [0.15, 0.2) is 70.5 Å². The highest BCUT2D eigenvalue weighted by molar-refractivity contribution is 8.00. The minimum Gasteiger partial charge on any atom is -0.359 e. The Morgan fingerprint density at radius 3 is 1.14 bits per heavy atom. The van der Waals surface area contributed by atoms with Gasteiger partial charge < -0.3 is 20.9 Å². The highest BCUT2D eigenvalue weighted by atomic mass is 32.2. The van der Waals surface area contributed by atoms with E-state index in [-0.39, 0.29) is 0 Å². The smallest absolute Gasteiger partial charge is 0.145 e. The first kappa shape index (κ1) is 34.0. The van der Waals surface area contributed by atoms with Gasteiger partial charge in [0.05, 0.1) is 0 Å². The molecule has 0 radical (unpaired) electrons. The van der Waals surface area contributed by atoms with Crippen LogP contribution in [0.25, 0.3) is 0 Å². The molecule has 0 spiro atoms. The molecule has 0 aliphatic heterocycles. The SMILES string of the molecule is CN.CN.COCOC.c1ccc(SC2CCCCC2)cc1.c1ccc(SC2CCCCC2)cc1. The summed E-state index contributed by atoms with van der Waals surface area (Å²) < 4.78 is 8.94. The maximum absolute atomic E-state index is 4.50. The summed E-state index contributed by atoms with van der Waals surface area (Å²) in [5.41, 5.74) is 9.00. The van der Waals surface area contributed by atoms with Crippen LogP contribution in [-0.4, -0.2) is 45.6 Å². The lowest BCUT2D eigenvalue weighted by Gasteiger charge is -2.20. The Balaban J connectivity index is 0.000000499. The lowest BCUT2D eigenvalue weighted by atomic mass is 10.0. The Hall–Kier alpha value is -1.02. The summed E-state index contributed by atoms with van der Waals surface area (Å²) >= 11 is 4.13. The van der Waals surface area contributed by atoms with Gasteiger partial charge in [0.2, 0.25) is 0 Å². The minimum absolute atomic E-state index is 0.389. The molecule has 35 heavy (non-hydrogen) atoms. The molecular weight excluding hydrogens is 472 g/mol. The molecule has 0 amide bonds. The van der Waals surface area contributed by atoms with Crippen LogP contribution >= 0.6 is 23.5 Å². The standard InChI is InChI=1S/2C12H16S.C3H8O2.2CH5N/c2*1-3-7-11(8-4-1)13-12-9-5-2-6-10-12;1-4-3-5-2;2*1-2/h2*1,3-4,7-8,12H,2,5-6,9-10H2;3H2,1-2H3;2*2H2,1H3. The van der Waals surface area contributed by atoms with Gasteiger partial charge in [0.25, 0.3) is 0 Å². The van der Waals surface area contributed by atoms with Crippen LogP contribution in [0.1, 0.15) is 64.2 Å². The van der Waals surface area contributed by atoms with Crippen molar-refractivity contribution in [1.82, 2.24) is 0 Å². The van der Waals surface area contributed by atoms with Gasteiger partial charge in [-0.05, 0) is 64.0 Å². The molecule has 0 bridgehead atoms. The summed E-state index contributed by atoms with van der Waals surface area (Å²) in [5.74, 6) is 0. The first-order chi connectivity index (χ1) is 17.3. The van der Waals surface area contributed by atoms with Crippen molar-refractivity contribution in [2.24, 2.45) is 11.5 Å². The van der Waals surface area contributed by atoms with Crippen LogP contribution in [0, 0.1) is 0 Å². The maximum atomic E-state index is 4.50. The molecule has 4 nitrogen and oxygen atoms in total. The summed E-state index contributed by atoms with van der Waals surface area (Å²) in [4.78, 5) is 2.88. The average molecular weight is 523 g/mol.